The molecule has 0 bridgehead atoms. The van der Waals surface area contributed by atoms with Crippen LogP contribution >= 0.6 is 0 Å². The van der Waals surface area contributed by atoms with Crippen LogP contribution in [-0.2, 0) is 6.42 Å². The smallest absolute Gasteiger partial charge is 0.0456 e. The molecule has 2 nitrogen and oxygen atoms in total. The molecule has 1 saturated carbocycles. The third kappa shape index (κ3) is 2.84. The highest BCUT2D eigenvalue weighted by atomic mass is 14.9. The fraction of sp³-hybridized carbons (Fsp3) is 0.529. The van der Waals surface area contributed by atoms with Gasteiger partial charge in [0.2, 0.25) is 0 Å². The largest absolute Gasteiger partial charge is 0.361 e. The van der Waals surface area contributed by atoms with Crippen LogP contribution in [0.5, 0.6) is 0 Å². The zero-order valence-electron chi connectivity index (χ0n) is 11.8. The van der Waals surface area contributed by atoms with E-state index in [9.17, 15) is 0 Å². The lowest BCUT2D eigenvalue weighted by atomic mass is 9.86. The van der Waals surface area contributed by atoms with E-state index in [4.69, 9.17) is 0 Å². The molecule has 0 radical (unpaired) electrons. The van der Waals surface area contributed by atoms with Crippen LogP contribution < -0.4 is 5.32 Å². The van der Waals surface area contributed by atoms with Crippen molar-refractivity contribution < 1.29 is 0 Å². The monoisotopic (exact) mass is 256 g/mol. The van der Waals surface area contributed by atoms with Crippen LogP contribution in [-0.4, -0.2) is 17.6 Å². The van der Waals surface area contributed by atoms with Gasteiger partial charge >= 0.3 is 0 Å². The zero-order chi connectivity index (χ0) is 13.1. The number of aromatic nitrogens is 1. The molecule has 102 valence electrons. The third-order valence-corrected chi connectivity index (χ3v) is 4.59. The van der Waals surface area contributed by atoms with Crippen LogP contribution in [0, 0.1) is 5.92 Å². The standard InChI is InChI=1S/C17H24N2/c1-13-6-2-4-8-16(13)18-11-10-14-12-19-17-9-5-3-7-15(14)17/h3,5,7,9,12-13,16,18-19H,2,4,6,8,10-11H2,1H3/t13-,16-/m0/s1. The van der Waals surface area contributed by atoms with Crippen molar-refractivity contribution in [3.8, 4) is 0 Å². The zero-order valence-corrected chi connectivity index (χ0v) is 11.8. The summed E-state index contributed by atoms with van der Waals surface area (Å²) in [6.45, 7) is 3.49. The van der Waals surface area contributed by atoms with Crippen LogP contribution in [0.4, 0.5) is 0 Å². The van der Waals surface area contributed by atoms with Crippen molar-refractivity contribution in [3.05, 3.63) is 36.0 Å². The van der Waals surface area contributed by atoms with Gasteiger partial charge in [-0.15, -0.1) is 0 Å². The molecule has 0 amide bonds. The van der Waals surface area contributed by atoms with Crippen molar-refractivity contribution in [2.75, 3.05) is 6.54 Å². The molecule has 2 atom stereocenters. The molecule has 19 heavy (non-hydrogen) atoms. The lowest BCUT2D eigenvalue weighted by Crippen LogP contribution is -2.38. The Morgan fingerprint density at radius 2 is 2.05 bits per heavy atom. The van der Waals surface area contributed by atoms with E-state index in [2.05, 4.69) is 47.7 Å². The Kier molecular flexibility index (Phi) is 3.88. The van der Waals surface area contributed by atoms with Gasteiger partial charge in [-0.1, -0.05) is 38.0 Å². The van der Waals surface area contributed by atoms with E-state index in [1.54, 1.807) is 0 Å². The molecule has 1 fully saturated rings. The van der Waals surface area contributed by atoms with E-state index in [1.807, 2.05) is 0 Å². The van der Waals surface area contributed by atoms with Gasteiger partial charge in [0.25, 0.3) is 0 Å². The summed E-state index contributed by atoms with van der Waals surface area (Å²) < 4.78 is 0. The molecule has 2 N–H and O–H groups in total. The maximum Gasteiger partial charge on any atom is 0.0456 e. The number of nitrogens with one attached hydrogen (secondary N) is 2. The van der Waals surface area contributed by atoms with Gasteiger partial charge in [0.1, 0.15) is 0 Å². The van der Waals surface area contributed by atoms with E-state index in [-0.39, 0.29) is 0 Å². The maximum absolute atomic E-state index is 3.76. The maximum atomic E-state index is 3.76. The number of aromatic amines is 1. The highest BCUT2D eigenvalue weighted by molar-refractivity contribution is 5.83. The minimum atomic E-state index is 0.735. The summed E-state index contributed by atoms with van der Waals surface area (Å²) in [7, 11) is 0. The first-order chi connectivity index (χ1) is 9.34. The van der Waals surface area contributed by atoms with Crippen LogP contribution in [0.15, 0.2) is 30.5 Å². The molecule has 1 heterocycles. The van der Waals surface area contributed by atoms with Crippen LogP contribution in [0.2, 0.25) is 0 Å². The van der Waals surface area contributed by atoms with Crippen molar-refractivity contribution in [1.82, 2.24) is 10.3 Å². The van der Waals surface area contributed by atoms with Gasteiger partial charge in [-0.25, -0.2) is 0 Å². The number of rotatable bonds is 4. The molecule has 1 aliphatic rings. The third-order valence-electron chi connectivity index (χ3n) is 4.59. The van der Waals surface area contributed by atoms with Crippen molar-refractivity contribution in [3.63, 3.8) is 0 Å². The minimum absolute atomic E-state index is 0.735. The topological polar surface area (TPSA) is 27.8 Å². The van der Waals surface area contributed by atoms with E-state index < -0.39 is 0 Å². The van der Waals surface area contributed by atoms with Gasteiger partial charge < -0.3 is 10.3 Å². The van der Waals surface area contributed by atoms with E-state index in [0.717, 1.165) is 24.9 Å². The number of hydrogen-bond donors (Lipinski definition) is 2. The average Bonchev–Trinajstić information content (AvgIpc) is 2.85. The van der Waals surface area contributed by atoms with Gasteiger partial charge in [0, 0.05) is 23.1 Å². The first kappa shape index (κ1) is 12.7. The fourth-order valence-electron chi connectivity index (χ4n) is 3.35. The molecule has 0 spiro atoms. The summed E-state index contributed by atoms with van der Waals surface area (Å²) in [4.78, 5) is 3.36. The molecular formula is C17H24N2. The molecule has 2 heteroatoms. The van der Waals surface area contributed by atoms with E-state index in [0.29, 0.717) is 0 Å². The Hall–Kier alpha value is -1.28. The second-order valence-corrected chi connectivity index (χ2v) is 5.93. The average molecular weight is 256 g/mol. The molecule has 2 aromatic rings. The number of benzene rings is 1. The first-order valence-corrected chi connectivity index (χ1v) is 7.63. The summed E-state index contributed by atoms with van der Waals surface area (Å²) in [5.74, 6) is 0.844. The van der Waals surface area contributed by atoms with Crippen molar-refractivity contribution >= 4 is 10.9 Å². The van der Waals surface area contributed by atoms with Gasteiger partial charge in [-0.05, 0) is 43.4 Å². The van der Waals surface area contributed by atoms with Crippen LogP contribution in [0.25, 0.3) is 10.9 Å². The minimum Gasteiger partial charge on any atom is -0.361 e. The van der Waals surface area contributed by atoms with Gasteiger partial charge in [-0.2, -0.15) is 0 Å². The number of para-hydroxylation sites is 1. The van der Waals surface area contributed by atoms with Gasteiger partial charge in [0.15, 0.2) is 0 Å². The predicted octanol–water partition coefficient (Wildman–Crippen LogP) is 3.88. The predicted molar refractivity (Wildman–Crippen MR) is 81.4 cm³/mol. The number of hydrogen-bond acceptors (Lipinski definition) is 1. The lowest BCUT2D eigenvalue weighted by molar-refractivity contribution is 0.282. The summed E-state index contributed by atoms with van der Waals surface area (Å²) in [6, 6.07) is 9.31. The van der Waals surface area contributed by atoms with E-state index >= 15 is 0 Å². The summed E-state index contributed by atoms with van der Waals surface area (Å²) in [5.41, 5.74) is 2.69. The first-order valence-electron chi connectivity index (χ1n) is 7.63. The van der Waals surface area contributed by atoms with Crippen LogP contribution in [0.1, 0.15) is 38.2 Å². The fourth-order valence-corrected chi connectivity index (χ4v) is 3.35. The normalized spacial score (nSPS) is 23.8. The Balaban J connectivity index is 1.57. The van der Waals surface area contributed by atoms with Gasteiger partial charge in [0.05, 0.1) is 0 Å². The lowest BCUT2D eigenvalue weighted by Gasteiger charge is -2.29. The molecule has 0 aliphatic heterocycles. The number of H-pyrrole nitrogens is 1. The van der Waals surface area contributed by atoms with Crippen molar-refractivity contribution in [2.45, 2.75) is 45.1 Å². The highest BCUT2D eigenvalue weighted by Crippen LogP contribution is 2.24. The molecule has 0 saturated heterocycles. The Bertz CT molecular complexity index is 529. The Morgan fingerprint density at radius 3 is 2.95 bits per heavy atom. The van der Waals surface area contributed by atoms with Crippen molar-refractivity contribution in [1.29, 1.82) is 0 Å². The second-order valence-electron chi connectivity index (χ2n) is 5.93. The van der Waals surface area contributed by atoms with Crippen LogP contribution in [0.3, 0.4) is 0 Å². The number of fused-ring (bicyclic) bond motifs is 1. The second kappa shape index (κ2) is 5.79. The molecular weight excluding hydrogens is 232 g/mol. The van der Waals surface area contributed by atoms with Crippen molar-refractivity contribution in [2.24, 2.45) is 5.92 Å². The Morgan fingerprint density at radius 1 is 1.21 bits per heavy atom. The van der Waals surface area contributed by atoms with Gasteiger partial charge in [-0.3, -0.25) is 0 Å². The summed E-state index contributed by atoms with van der Waals surface area (Å²) in [6.07, 6.45) is 8.85. The molecule has 1 aromatic carbocycles. The molecule has 0 unspecified atom stereocenters. The van der Waals surface area contributed by atoms with E-state index in [1.165, 1.54) is 42.1 Å². The summed E-state index contributed by atoms with van der Waals surface area (Å²) in [5, 5.41) is 5.14. The SMILES string of the molecule is C[C@H]1CCCC[C@@H]1NCCc1c[nH]c2ccccc12. The Labute approximate surface area is 115 Å². The highest BCUT2D eigenvalue weighted by Gasteiger charge is 2.20. The quantitative estimate of drug-likeness (QED) is 0.853. The molecule has 1 aromatic heterocycles. The molecule has 1 aliphatic carbocycles. The molecule has 3 rings (SSSR count). The summed E-state index contributed by atoms with van der Waals surface area (Å²) >= 11 is 0.